The number of nitrogens with zero attached hydrogens (tertiary/aromatic N) is 2. The predicted molar refractivity (Wildman–Crippen MR) is 135 cm³/mol. The summed E-state index contributed by atoms with van der Waals surface area (Å²) >= 11 is 0. The Bertz CT molecular complexity index is 1100. The fourth-order valence-electron chi connectivity index (χ4n) is 3.64. The van der Waals surface area contributed by atoms with Crippen LogP contribution in [0.2, 0.25) is 0 Å². The minimum Gasteiger partial charge on any atom is -0.493 e. The predicted octanol–water partition coefficient (Wildman–Crippen LogP) is 4.48. The van der Waals surface area contributed by atoms with Gasteiger partial charge in [0.25, 0.3) is 0 Å². The van der Waals surface area contributed by atoms with Crippen molar-refractivity contribution in [1.29, 1.82) is 0 Å². The molecular weight excluding hydrogens is 430 g/mol. The summed E-state index contributed by atoms with van der Waals surface area (Å²) < 4.78 is 21.9. The highest BCUT2D eigenvalue weighted by Crippen LogP contribution is 2.28. The van der Waals surface area contributed by atoms with E-state index >= 15 is 0 Å². The number of nitrogens with one attached hydrogen (secondary N) is 1. The van der Waals surface area contributed by atoms with Gasteiger partial charge in [-0.25, -0.2) is 0 Å². The van der Waals surface area contributed by atoms with E-state index in [1.165, 1.54) is 0 Å². The molecule has 2 heterocycles. The molecule has 3 aromatic rings. The van der Waals surface area contributed by atoms with Gasteiger partial charge in [-0.2, -0.15) is 5.10 Å². The van der Waals surface area contributed by atoms with Gasteiger partial charge in [-0.3, -0.25) is 10.00 Å². The first-order valence-electron chi connectivity index (χ1n) is 11.4. The maximum Gasteiger partial charge on any atom is 0.161 e. The van der Waals surface area contributed by atoms with Gasteiger partial charge in [-0.15, -0.1) is 0 Å². The van der Waals surface area contributed by atoms with E-state index < -0.39 is 0 Å². The Hall–Kier alpha value is -3.55. The molecule has 1 N–H and O–H groups in total. The summed E-state index contributed by atoms with van der Waals surface area (Å²) in [6.07, 6.45) is 8.00. The van der Waals surface area contributed by atoms with E-state index in [2.05, 4.69) is 15.1 Å². The Morgan fingerprint density at radius 3 is 2.38 bits per heavy atom. The lowest BCUT2D eigenvalue weighted by molar-refractivity contribution is 0.0322. The molecule has 34 heavy (non-hydrogen) atoms. The van der Waals surface area contributed by atoms with Crippen LogP contribution in [0.1, 0.15) is 22.5 Å². The van der Waals surface area contributed by atoms with Crippen molar-refractivity contribution >= 4 is 24.3 Å². The molecule has 0 radical (unpaired) electrons. The molecule has 1 aliphatic rings. The average Bonchev–Trinajstić information content (AvgIpc) is 3.35. The average molecular weight is 462 g/mol. The molecule has 0 atom stereocenters. The van der Waals surface area contributed by atoms with E-state index in [9.17, 15) is 0 Å². The lowest BCUT2D eigenvalue weighted by atomic mass is 10.1. The first-order valence-corrected chi connectivity index (χ1v) is 11.4. The van der Waals surface area contributed by atoms with Crippen molar-refractivity contribution in [3.05, 3.63) is 71.0 Å². The van der Waals surface area contributed by atoms with Crippen LogP contribution in [-0.4, -0.2) is 68.8 Å². The van der Waals surface area contributed by atoms with Gasteiger partial charge in [0.05, 0.1) is 38.8 Å². The summed E-state index contributed by atoms with van der Waals surface area (Å²) in [5.74, 6) is 2.29. The maximum atomic E-state index is 5.87. The SMILES string of the molecule is COc1ccc(/C=C/c2cc(/C=C/c3ccc(OCCN4CCOCC4)cc3)n[nH]2)cc1OC. The number of aromatic amines is 1. The Balaban J connectivity index is 1.28. The monoisotopic (exact) mass is 461 g/mol. The van der Waals surface area contributed by atoms with Gasteiger partial charge >= 0.3 is 0 Å². The lowest BCUT2D eigenvalue weighted by Crippen LogP contribution is -2.38. The molecule has 0 spiro atoms. The summed E-state index contributed by atoms with van der Waals surface area (Å²) in [6.45, 7) is 5.19. The standard InChI is InChI=1S/C27H31N3O4/c1-31-26-12-7-22(19-27(26)32-2)4-9-24-20-23(28-29-24)8-3-21-5-10-25(11-6-21)34-18-15-30-13-16-33-17-14-30/h3-12,19-20H,13-18H2,1-2H3,(H,28,29)/b8-3+,9-4+. The first kappa shape index (κ1) is 23.6. The van der Waals surface area contributed by atoms with Crippen LogP contribution in [0.5, 0.6) is 17.2 Å². The van der Waals surface area contributed by atoms with E-state index in [1.54, 1.807) is 14.2 Å². The molecule has 4 rings (SSSR count). The summed E-state index contributed by atoms with van der Waals surface area (Å²) in [4.78, 5) is 2.36. The highest BCUT2D eigenvalue weighted by molar-refractivity contribution is 5.72. The summed E-state index contributed by atoms with van der Waals surface area (Å²) in [6, 6.07) is 15.9. The van der Waals surface area contributed by atoms with Crippen LogP contribution in [-0.2, 0) is 4.74 Å². The van der Waals surface area contributed by atoms with Gasteiger partial charge < -0.3 is 18.9 Å². The van der Waals surface area contributed by atoms with Crippen LogP contribution in [0.25, 0.3) is 24.3 Å². The molecular formula is C27H31N3O4. The first-order chi connectivity index (χ1) is 16.7. The van der Waals surface area contributed by atoms with Crippen molar-refractivity contribution in [3.8, 4) is 17.2 Å². The van der Waals surface area contributed by atoms with Crippen LogP contribution in [0.3, 0.4) is 0 Å². The van der Waals surface area contributed by atoms with E-state index in [1.807, 2.05) is 72.8 Å². The van der Waals surface area contributed by atoms with Crippen molar-refractivity contribution < 1.29 is 18.9 Å². The number of rotatable bonds is 10. The van der Waals surface area contributed by atoms with E-state index in [0.29, 0.717) is 18.1 Å². The topological polar surface area (TPSA) is 68.8 Å². The molecule has 0 amide bonds. The largest absolute Gasteiger partial charge is 0.493 e. The van der Waals surface area contributed by atoms with E-state index in [4.69, 9.17) is 18.9 Å². The molecule has 178 valence electrons. The van der Waals surface area contributed by atoms with Crippen molar-refractivity contribution in [1.82, 2.24) is 15.1 Å². The van der Waals surface area contributed by atoms with Crippen molar-refractivity contribution in [2.75, 3.05) is 53.7 Å². The Morgan fingerprint density at radius 2 is 1.62 bits per heavy atom. The number of methoxy groups -OCH3 is 2. The van der Waals surface area contributed by atoms with Crippen molar-refractivity contribution in [2.45, 2.75) is 0 Å². The normalized spacial score (nSPS) is 14.6. The minimum absolute atomic E-state index is 0.683. The summed E-state index contributed by atoms with van der Waals surface area (Å²) in [5.41, 5.74) is 3.87. The molecule has 1 fully saturated rings. The fraction of sp³-hybridized carbons (Fsp3) is 0.296. The molecule has 0 unspecified atom stereocenters. The molecule has 2 aromatic carbocycles. The molecule has 1 aliphatic heterocycles. The third-order valence-electron chi connectivity index (χ3n) is 5.59. The summed E-state index contributed by atoms with van der Waals surface area (Å²) in [5, 5.41) is 7.41. The quantitative estimate of drug-likeness (QED) is 0.480. The van der Waals surface area contributed by atoms with Gasteiger partial charge in [0.2, 0.25) is 0 Å². The lowest BCUT2D eigenvalue weighted by Gasteiger charge is -2.26. The fourth-order valence-corrected chi connectivity index (χ4v) is 3.64. The van der Waals surface area contributed by atoms with Crippen LogP contribution in [0, 0.1) is 0 Å². The van der Waals surface area contributed by atoms with Crippen molar-refractivity contribution in [3.63, 3.8) is 0 Å². The van der Waals surface area contributed by atoms with Gasteiger partial charge in [0.15, 0.2) is 11.5 Å². The molecule has 0 bridgehead atoms. The second-order valence-corrected chi connectivity index (χ2v) is 7.90. The van der Waals surface area contributed by atoms with Gasteiger partial charge in [-0.05, 0) is 53.6 Å². The number of benzene rings is 2. The Morgan fingerprint density at radius 1 is 0.882 bits per heavy atom. The minimum atomic E-state index is 0.683. The molecule has 1 aromatic heterocycles. The Labute approximate surface area is 200 Å². The number of morpholine rings is 1. The zero-order chi connectivity index (χ0) is 23.6. The zero-order valence-corrected chi connectivity index (χ0v) is 19.7. The summed E-state index contributed by atoms with van der Waals surface area (Å²) in [7, 11) is 3.26. The number of aromatic nitrogens is 2. The number of H-pyrrole nitrogens is 1. The second kappa shape index (κ2) is 12.1. The third kappa shape index (κ3) is 6.73. The van der Waals surface area contributed by atoms with Gasteiger partial charge in [0, 0.05) is 19.6 Å². The van der Waals surface area contributed by atoms with Crippen molar-refractivity contribution in [2.24, 2.45) is 0 Å². The highest BCUT2D eigenvalue weighted by Gasteiger charge is 2.09. The second-order valence-electron chi connectivity index (χ2n) is 7.90. The Kier molecular flexibility index (Phi) is 8.38. The molecule has 7 heteroatoms. The van der Waals surface area contributed by atoms with Gasteiger partial charge in [-0.1, -0.05) is 30.4 Å². The smallest absolute Gasteiger partial charge is 0.161 e. The number of hydrogen-bond donors (Lipinski definition) is 1. The maximum absolute atomic E-state index is 5.87. The van der Waals surface area contributed by atoms with Crippen LogP contribution < -0.4 is 14.2 Å². The molecule has 1 saturated heterocycles. The van der Waals surface area contributed by atoms with Crippen LogP contribution in [0.4, 0.5) is 0 Å². The van der Waals surface area contributed by atoms with E-state index in [0.717, 1.165) is 61.1 Å². The molecule has 0 saturated carbocycles. The molecule has 0 aliphatic carbocycles. The zero-order valence-electron chi connectivity index (χ0n) is 19.7. The number of hydrogen-bond acceptors (Lipinski definition) is 6. The third-order valence-corrected chi connectivity index (χ3v) is 5.59. The molecule has 7 nitrogen and oxygen atoms in total. The number of ether oxygens (including phenoxy) is 4. The van der Waals surface area contributed by atoms with Crippen LogP contribution >= 0.6 is 0 Å². The van der Waals surface area contributed by atoms with Gasteiger partial charge in [0.1, 0.15) is 12.4 Å². The highest BCUT2D eigenvalue weighted by atomic mass is 16.5. The van der Waals surface area contributed by atoms with E-state index in [-0.39, 0.29) is 0 Å². The van der Waals surface area contributed by atoms with Crippen LogP contribution in [0.15, 0.2) is 48.5 Å².